The Bertz CT molecular complexity index is 1600. The Morgan fingerprint density at radius 2 is 1.44 bits per heavy atom. The summed E-state index contributed by atoms with van der Waals surface area (Å²) in [7, 11) is -2.86. The Kier molecular flexibility index (Phi) is 9.52. The zero-order chi connectivity index (χ0) is 29.4. The van der Waals surface area contributed by atoms with Gasteiger partial charge in [-0.05, 0) is 42.3 Å². The standard InChI is InChI=1S/C32H32FN3O4S/c1-24-12-11-15-26(20-24)22-35(30(32(38)34-2)21-25-13-5-3-6-14-25)31(37)23-36(29-19-10-9-18-28(29)33)41(39,40)27-16-7-4-8-17-27/h3-20,30H,21-23H2,1-2H3,(H,34,38). The van der Waals surface area contributed by atoms with Crippen LogP contribution >= 0.6 is 0 Å². The molecule has 4 aromatic carbocycles. The van der Waals surface area contributed by atoms with Gasteiger partial charge in [-0.1, -0.05) is 90.5 Å². The highest BCUT2D eigenvalue weighted by Gasteiger charge is 2.35. The molecule has 0 saturated heterocycles. The van der Waals surface area contributed by atoms with E-state index in [0.717, 1.165) is 27.1 Å². The van der Waals surface area contributed by atoms with E-state index < -0.39 is 40.2 Å². The first kappa shape index (κ1) is 29.5. The van der Waals surface area contributed by atoms with Gasteiger partial charge in [-0.3, -0.25) is 13.9 Å². The molecule has 4 aromatic rings. The summed E-state index contributed by atoms with van der Waals surface area (Å²) in [4.78, 5) is 28.7. The largest absolute Gasteiger partial charge is 0.357 e. The van der Waals surface area contributed by atoms with E-state index in [0.29, 0.717) is 0 Å². The Morgan fingerprint density at radius 3 is 2.07 bits per heavy atom. The molecule has 0 aliphatic rings. The molecule has 0 aromatic heterocycles. The van der Waals surface area contributed by atoms with Crippen molar-refractivity contribution in [3.8, 4) is 0 Å². The molecule has 4 rings (SSSR count). The summed E-state index contributed by atoms with van der Waals surface area (Å²) < 4.78 is 43.4. The highest BCUT2D eigenvalue weighted by molar-refractivity contribution is 7.92. The van der Waals surface area contributed by atoms with E-state index in [1.54, 1.807) is 18.2 Å². The van der Waals surface area contributed by atoms with E-state index in [1.165, 1.54) is 42.3 Å². The van der Waals surface area contributed by atoms with Crippen molar-refractivity contribution >= 4 is 27.5 Å². The molecular formula is C32H32FN3O4S. The molecule has 1 atom stereocenters. The number of sulfonamides is 1. The van der Waals surface area contributed by atoms with Crippen LogP contribution in [0, 0.1) is 12.7 Å². The van der Waals surface area contributed by atoms with Crippen LogP contribution in [-0.2, 0) is 32.6 Å². The van der Waals surface area contributed by atoms with Crippen LogP contribution in [0.2, 0.25) is 0 Å². The number of halogens is 1. The first-order chi connectivity index (χ1) is 19.7. The summed E-state index contributed by atoms with van der Waals surface area (Å²) in [6, 6.07) is 28.8. The number of hydrogen-bond donors (Lipinski definition) is 1. The third kappa shape index (κ3) is 7.18. The van der Waals surface area contributed by atoms with Crippen molar-refractivity contribution in [2.75, 3.05) is 17.9 Å². The topological polar surface area (TPSA) is 86.8 Å². The fourth-order valence-corrected chi connectivity index (χ4v) is 6.06. The lowest BCUT2D eigenvalue weighted by Crippen LogP contribution is -2.53. The van der Waals surface area contributed by atoms with Crippen LogP contribution in [0.5, 0.6) is 0 Å². The molecule has 0 heterocycles. The second-order valence-corrected chi connectivity index (χ2v) is 11.5. The minimum atomic E-state index is -4.35. The second-order valence-electron chi connectivity index (χ2n) is 9.61. The molecule has 0 bridgehead atoms. The van der Waals surface area contributed by atoms with Gasteiger partial charge in [-0.15, -0.1) is 0 Å². The first-order valence-electron chi connectivity index (χ1n) is 13.1. The van der Waals surface area contributed by atoms with Gasteiger partial charge in [0.15, 0.2) is 0 Å². The number of carbonyl (C=O) groups is 2. The van der Waals surface area contributed by atoms with E-state index >= 15 is 4.39 Å². The van der Waals surface area contributed by atoms with Crippen molar-refractivity contribution in [2.45, 2.75) is 30.8 Å². The molecule has 0 saturated carbocycles. The Morgan fingerprint density at radius 1 is 0.829 bits per heavy atom. The number of para-hydroxylation sites is 1. The Balaban J connectivity index is 1.79. The number of likely N-dealkylation sites (N-methyl/N-ethyl adjacent to an activating group) is 1. The number of anilines is 1. The fourth-order valence-electron chi connectivity index (χ4n) is 4.61. The molecule has 0 aliphatic heterocycles. The van der Waals surface area contributed by atoms with E-state index in [9.17, 15) is 18.0 Å². The molecule has 9 heteroatoms. The molecule has 0 spiro atoms. The van der Waals surface area contributed by atoms with Crippen molar-refractivity contribution in [1.82, 2.24) is 10.2 Å². The predicted octanol–water partition coefficient (Wildman–Crippen LogP) is 4.72. The molecule has 212 valence electrons. The molecule has 0 aliphatic carbocycles. The first-order valence-corrected chi connectivity index (χ1v) is 14.6. The quantitative estimate of drug-likeness (QED) is 0.282. The van der Waals surface area contributed by atoms with Gasteiger partial charge in [0.05, 0.1) is 10.6 Å². The molecule has 2 amide bonds. The summed E-state index contributed by atoms with van der Waals surface area (Å²) >= 11 is 0. The van der Waals surface area contributed by atoms with E-state index in [-0.39, 0.29) is 23.5 Å². The number of benzene rings is 4. The van der Waals surface area contributed by atoms with Crippen molar-refractivity contribution in [1.29, 1.82) is 0 Å². The molecule has 1 N–H and O–H groups in total. The van der Waals surface area contributed by atoms with Gasteiger partial charge in [-0.25, -0.2) is 12.8 Å². The lowest BCUT2D eigenvalue weighted by atomic mass is 10.0. The van der Waals surface area contributed by atoms with Crippen LogP contribution in [0.15, 0.2) is 114 Å². The third-order valence-electron chi connectivity index (χ3n) is 6.68. The number of hydrogen-bond acceptors (Lipinski definition) is 4. The Labute approximate surface area is 240 Å². The maximum absolute atomic E-state index is 15.1. The molecular weight excluding hydrogens is 541 g/mol. The highest BCUT2D eigenvalue weighted by atomic mass is 32.2. The lowest BCUT2D eigenvalue weighted by molar-refractivity contribution is -0.139. The monoisotopic (exact) mass is 573 g/mol. The zero-order valence-corrected chi connectivity index (χ0v) is 23.7. The van der Waals surface area contributed by atoms with Gasteiger partial charge in [-0.2, -0.15) is 0 Å². The van der Waals surface area contributed by atoms with Crippen LogP contribution < -0.4 is 9.62 Å². The number of amides is 2. The maximum Gasteiger partial charge on any atom is 0.264 e. The van der Waals surface area contributed by atoms with Crippen molar-refractivity contribution in [3.05, 3.63) is 132 Å². The second kappa shape index (κ2) is 13.2. The average Bonchev–Trinajstić information content (AvgIpc) is 2.98. The normalized spacial score (nSPS) is 11.9. The average molecular weight is 574 g/mol. The number of nitrogens with zero attached hydrogens (tertiary/aromatic N) is 2. The number of nitrogens with one attached hydrogen (secondary N) is 1. The molecule has 1 unspecified atom stereocenters. The molecule has 0 fully saturated rings. The minimum Gasteiger partial charge on any atom is -0.357 e. The van der Waals surface area contributed by atoms with Crippen LogP contribution in [0.4, 0.5) is 10.1 Å². The van der Waals surface area contributed by atoms with Gasteiger partial charge in [0, 0.05) is 20.0 Å². The lowest BCUT2D eigenvalue weighted by Gasteiger charge is -2.33. The van der Waals surface area contributed by atoms with Crippen molar-refractivity contribution in [2.24, 2.45) is 0 Å². The number of carbonyl (C=O) groups excluding carboxylic acids is 2. The highest BCUT2D eigenvalue weighted by Crippen LogP contribution is 2.27. The predicted molar refractivity (Wildman–Crippen MR) is 157 cm³/mol. The van der Waals surface area contributed by atoms with Gasteiger partial charge >= 0.3 is 0 Å². The SMILES string of the molecule is CNC(=O)C(Cc1ccccc1)N(Cc1cccc(C)c1)C(=O)CN(c1ccccc1F)S(=O)(=O)c1ccccc1. The van der Waals surface area contributed by atoms with E-state index in [4.69, 9.17) is 0 Å². The van der Waals surface area contributed by atoms with Crippen LogP contribution in [0.25, 0.3) is 0 Å². The minimum absolute atomic E-state index is 0.0436. The summed E-state index contributed by atoms with van der Waals surface area (Å²) in [6.45, 7) is 1.25. The molecule has 41 heavy (non-hydrogen) atoms. The molecule has 0 radical (unpaired) electrons. The smallest absolute Gasteiger partial charge is 0.264 e. The van der Waals surface area contributed by atoms with Crippen molar-refractivity contribution in [3.63, 3.8) is 0 Å². The number of aryl methyl sites for hydroxylation is 1. The summed E-state index contributed by atoms with van der Waals surface area (Å²) in [5, 5.41) is 2.64. The van der Waals surface area contributed by atoms with Gasteiger partial charge in [0.2, 0.25) is 11.8 Å². The summed E-state index contributed by atoms with van der Waals surface area (Å²) in [6.07, 6.45) is 0.198. The number of rotatable bonds is 11. The van der Waals surface area contributed by atoms with Crippen LogP contribution in [0.3, 0.4) is 0 Å². The van der Waals surface area contributed by atoms with Crippen molar-refractivity contribution < 1.29 is 22.4 Å². The zero-order valence-electron chi connectivity index (χ0n) is 22.9. The fraction of sp³-hybridized carbons (Fsp3) is 0.188. The van der Waals surface area contributed by atoms with Crippen LogP contribution in [-0.4, -0.2) is 44.8 Å². The van der Waals surface area contributed by atoms with Gasteiger partial charge < -0.3 is 10.2 Å². The Hall–Kier alpha value is -4.50. The van der Waals surface area contributed by atoms with E-state index in [2.05, 4.69) is 5.32 Å². The van der Waals surface area contributed by atoms with Gasteiger partial charge in [0.1, 0.15) is 18.4 Å². The van der Waals surface area contributed by atoms with Gasteiger partial charge in [0.25, 0.3) is 10.0 Å². The van der Waals surface area contributed by atoms with Crippen LogP contribution in [0.1, 0.15) is 16.7 Å². The summed E-state index contributed by atoms with van der Waals surface area (Å²) in [5.41, 5.74) is 2.29. The molecule has 7 nitrogen and oxygen atoms in total. The third-order valence-corrected chi connectivity index (χ3v) is 8.46. The maximum atomic E-state index is 15.1. The van der Waals surface area contributed by atoms with E-state index in [1.807, 2.05) is 61.5 Å². The summed E-state index contributed by atoms with van der Waals surface area (Å²) in [5.74, 6) is -1.85.